The van der Waals surface area contributed by atoms with Crippen LogP contribution in [0.15, 0.2) is 42.5 Å². The van der Waals surface area contributed by atoms with Gasteiger partial charge in [0.05, 0.1) is 12.2 Å². The molecule has 0 bridgehead atoms. The fourth-order valence-electron chi connectivity index (χ4n) is 2.68. The molecule has 128 valence electrons. The topological polar surface area (TPSA) is 55.1 Å². The summed E-state index contributed by atoms with van der Waals surface area (Å²) in [6.07, 6.45) is 0. The molecule has 0 saturated carbocycles. The third kappa shape index (κ3) is 3.59. The summed E-state index contributed by atoms with van der Waals surface area (Å²) in [6.45, 7) is 6.49. The Kier molecular flexibility index (Phi) is 4.64. The van der Waals surface area contributed by atoms with Crippen molar-refractivity contribution in [3.63, 3.8) is 0 Å². The van der Waals surface area contributed by atoms with Gasteiger partial charge in [-0.15, -0.1) is 0 Å². The van der Waals surface area contributed by atoms with E-state index in [9.17, 15) is 9.90 Å². The maximum Gasteiger partial charge on any atom is 0.356 e. The van der Waals surface area contributed by atoms with E-state index in [0.29, 0.717) is 11.6 Å². The van der Waals surface area contributed by atoms with Crippen molar-refractivity contribution in [2.45, 2.75) is 27.3 Å². The maximum atomic E-state index is 11.4. The number of rotatable bonds is 4. The summed E-state index contributed by atoms with van der Waals surface area (Å²) in [4.78, 5) is 11.4. The molecule has 1 aromatic heterocycles. The van der Waals surface area contributed by atoms with E-state index in [1.54, 1.807) is 10.7 Å². The zero-order chi connectivity index (χ0) is 18.1. The van der Waals surface area contributed by atoms with Gasteiger partial charge in [-0.05, 0) is 61.2 Å². The number of carbonyl (C=O) groups is 1. The van der Waals surface area contributed by atoms with Crippen LogP contribution in [-0.4, -0.2) is 20.9 Å². The molecule has 0 aliphatic carbocycles. The molecule has 0 spiro atoms. The van der Waals surface area contributed by atoms with Crippen LogP contribution in [0.1, 0.15) is 32.7 Å². The van der Waals surface area contributed by atoms with Crippen LogP contribution in [0.3, 0.4) is 0 Å². The number of hydrogen-bond acceptors (Lipinski definition) is 2. The second-order valence-corrected chi connectivity index (χ2v) is 6.67. The maximum absolute atomic E-state index is 11.4. The summed E-state index contributed by atoms with van der Waals surface area (Å²) in [5.41, 5.74) is 6.08. The number of halogens is 1. The number of nitrogens with zero attached hydrogens (tertiary/aromatic N) is 2. The lowest BCUT2D eigenvalue weighted by molar-refractivity contribution is 0.0689. The van der Waals surface area contributed by atoms with Gasteiger partial charge < -0.3 is 5.11 Å². The van der Waals surface area contributed by atoms with Gasteiger partial charge in [0.25, 0.3) is 0 Å². The van der Waals surface area contributed by atoms with E-state index in [0.717, 1.165) is 27.9 Å². The summed E-state index contributed by atoms with van der Waals surface area (Å²) in [5.74, 6) is -1.04. The smallest absolute Gasteiger partial charge is 0.356 e. The molecule has 0 radical (unpaired) electrons. The molecule has 0 atom stereocenters. The minimum atomic E-state index is -1.04. The van der Waals surface area contributed by atoms with Crippen molar-refractivity contribution in [2.24, 2.45) is 0 Å². The first kappa shape index (κ1) is 17.2. The van der Waals surface area contributed by atoms with Crippen molar-refractivity contribution >= 4 is 17.6 Å². The molecule has 0 saturated heterocycles. The Bertz CT molecular complexity index is 960. The molecule has 0 fully saturated rings. The minimum Gasteiger partial charge on any atom is -0.476 e. The van der Waals surface area contributed by atoms with Gasteiger partial charge in [-0.25, -0.2) is 4.79 Å². The van der Waals surface area contributed by atoms with Crippen LogP contribution >= 0.6 is 11.6 Å². The van der Waals surface area contributed by atoms with Crippen LogP contribution < -0.4 is 0 Å². The second kappa shape index (κ2) is 6.73. The zero-order valence-electron chi connectivity index (χ0n) is 14.4. The molecular formula is C20H19ClN2O2. The van der Waals surface area contributed by atoms with Crippen molar-refractivity contribution in [1.29, 1.82) is 0 Å². The lowest BCUT2D eigenvalue weighted by Crippen LogP contribution is -2.06. The number of aryl methyl sites for hydroxylation is 3. The van der Waals surface area contributed by atoms with E-state index >= 15 is 0 Å². The van der Waals surface area contributed by atoms with Crippen LogP contribution in [0.2, 0.25) is 5.02 Å². The summed E-state index contributed by atoms with van der Waals surface area (Å²) in [7, 11) is 0. The van der Waals surface area contributed by atoms with Crippen LogP contribution in [-0.2, 0) is 6.54 Å². The van der Waals surface area contributed by atoms with Gasteiger partial charge in [-0.3, -0.25) is 4.68 Å². The average molecular weight is 355 g/mol. The molecule has 0 unspecified atom stereocenters. The molecule has 4 nitrogen and oxygen atoms in total. The third-order valence-corrected chi connectivity index (χ3v) is 4.78. The molecule has 5 heteroatoms. The van der Waals surface area contributed by atoms with Crippen molar-refractivity contribution in [2.75, 3.05) is 0 Å². The molecule has 1 heterocycles. The van der Waals surface area contributed by atoms with Crippen molar-refractivity contribution in [3.05, 3.63) is 75.4 Å². The van der Waals surface area contributed by atoms with Crippen molar-refractivity contribution in [1.82, 2.24) is 9.78 Å². The van der Waals surface area contributed by atoms with Crippen LogP contribution in [0.4, 0.5) is 0 Å². The minimum absolute atomic E-state index is 0.0337. The second-order valence-electron chi connectivity index (χ2n) is 6.26. The molecule has 0 aliphatic rings. The first-order valence-electron chi connectivity index (χ1n) is 7.99. The number of carboxylic acid groups (broad SMARTS) is 1. The Labute approximate surface area is 151 Å². The highest BCUT2D eigenvalue weighted by Gasteiger charge is 2.15. The van der Waals surface area contributed by atoms with Crippen LogP contribution in [0, 0.1) is 20.8 Å². The molecular weight excluding hydrogens is 336 g/mol. The summed E-state index contributed by atoms with van der Waals surface area (Å²) in [6, 6.07) is 13.5. The van der Waals surface area contributed by atoms with Gasteiger partial charge in [-0.1, -0.05) is 35.9 Å². The van der Waals surface area contributed by atoms with E-state index in [1.165, 1.54) is 5.56 Å². The normalized spacial score (nSPS) is 10.9. The molecule has 1 N–H and O–H groups in total. The van der Waals surface area contributed by atoms with Crippen molar-refractivity contribution in [3.8, 4) is 11.3 Å². The number of benzene rings is 2. The fraction of sp³-hybridized carbons (Fsp3) is 0.200. The van der Waals surface area contributed by atoms with E-state index < -0.39 is 5.97 Å². The Morgan fingerprint density at radius 1 is 1.04 bits per heavy atom. The van der Waals surface area contributed by atoms with Gasteiger partial charge >= 0.3 is 5.97 Å². The van der Waals surface area contributed by atoms with Crippen LogP contribution in [0.25, 0.3) is 11.3 Å². The molecule has 2 aromatic carbocycles. The zero-order valence-corrected chi connectivity index (χ0v) is 15.1. The molecule has 3 rings (SSSR count). The molecule has 3 aromatic rings. The predicted octanol–water partition coefficient (Wildman–Crippen LogP) is 4.88. The van der Waals surface area contributed by atoms with Gasteiger partial charge in [0.1, 0.15) is 0 Å². The van der Waals surface area contributed by atoms with E-state index in [4.69, 9.17) is 11.6 Å². The van der Waals surface area contributed by atoms with E-state index in [-0.39, 0.29) is 5.69 Å². The lowest BCUT2D eigenvalue weighted by Gasteiger charge is -2.10. The molecule has 25 heavy (non-hydrogen) atoms. The fourth-order valence-corrected chi connectivity index (χ4v) is 2.89. The SMILES string of the molecule is Cc1ccc(-c2cc(C(=O)O)nn2Cc2ccc(C)c(Cl)c2)cc1C. The first-order valence-corrected chi connectivity index (χ1v) is 8.37. The number of carboxylic acids is 1. The van der Waals surface area contributed by atoms with Gasteiger partial charge in [0.15, 0.2) is 5.69 Å². The predicted molar refractivity (Wildman–Crippen MR) is 99.4 cm³/mol. The molecule has 0 aliphatic heterocycles. The monoisotopic (exact) mass is 354 g/mol. The standard InChI is InChI=1S/C20H19ClN2O2/c1-12-5-7-16(8-14(12)3)19-10-18(20(24)25)22-23(19)11-15-6-4-13(2)17(21)9-15/h4-10H,11H2,1-3H3,(H,24,25). The molecule has 0 amide bonds. The largest absolute Gasteiger partial charge is 0.476 e. The highest BCUT2D eigenvalue weighted by molar-refractivity contribution is 6.31. The van der Waals surface area contributed by atoms with Crippen molar-refractivity contribution < 1.29 is 9.90 Å². The third-order valence-electron chi connectivity index (χ3n) is 4.37. The summed E-state index contributed by atoms with van der Waals surface area (Å²) in [5, 5.41) is 14.3. The van der Waals surface area contributed by atoms with Crippen LogP contribution in [0.5, 0.6) is 0 Å². The number of aromatic nitrogens is 2. The lowest BCUT2D eigenvalue weighted by atomic mass is 10.0. The quantitative estimate of drug-likeness (QED) is 0.726. The highest BCUT2D eigenvalue weighted by Crippen LogP contribution is 2.25. The van der Waals surface area contributed by atoms with E-state index in [1.807, 2.05) is 51.1 Å². The van der Waals surface area contributed by atoms with Gasteiger partial charge in [-0.2, -0.15) is 5.10 Å². The Balaban J connectivity index is 2.06. The van der Waals surface area contributed by atoms with Gasteiger partial charge in [0.2, 0.25) is 0 Å². The number of aromatic carboxylic acids is 1. The number of hydrogen-bond donors (Lipinski definition) is 1. The average Bonchev–Trinajstić information content (AvgIpc) is 2.98. The summed E-state index contributed by atoms with van der Waals surface area (Å²) < 4.78 is 1.72. The Hall–Kier alpha value is -2.59. The highest BCUT2D eigenvalue weighted by atomic mass is 35.5. The first-order chi connectivity index (χ1) is 11.8. The van der Waals surface area contributed by atoms with E-state index in [2.05, 4.69) is 11.2 Å². The Morgan fingerprint density at radius 2 is 1.76 bits per heavy atom. The van der Waals surface area contributed by atoms with Gasteiger partial charge in [0, 0.05) is 10.6 Å². The summed E-state index contributed by atoms with van der Waals surface area (Å²) >= 11 is 6.21. The Morgan fingerprint density at radius 3 is 2.40 bits per heavy atom.